The van der Waals surface area contributed by atoms with E-state index in [0.29, 0.717) is 31.0 Å². The minimum atomic E-state index is -0.642. The highest BCUT2D eigenvalue weighted by atomic mass is 16.5. The predicted molar refractivity (Wildman–Crippen MR) is 79.7 cm³/mol. The van der Waals surface area contributed by atoms with Crippen molar-refractivity contribution in [1.82, 2.24) is 0 Å². The first-order chi connectivity index (χ1) is 10.6. The van der Waals surface area contributed by atoms with E-state index in [-0.39, 0.29) is 11.5 Å². The van der Waals surface area contributed by atoms with Crippen LogP contribution in [0.4, 0.5) is 5.69 Å². The van der Waals surface area contributed by atoms with Gasteiger partial charge in [-0.15, -0.1) is 0 Å². The van der Waals surface area contributed by atoms with Crippen LogP contribution < -0.4 is 9.64 Å². The second kappa shape index (κ2) is 5.48. The quantitative estimate of drug-likeness (QED) is 0.703. The Morgan fingerprint density at radius 3 is 2.50 bits per heavy atom. The van der Waals surface area contributed by atoms with Crippen LogP contribution in [0.5, 0.6) is 23.0 Å². The van der Waals surface area contributed by atoms with Gasteiger partial charge in [0.15, 0.2) is 17.2 Å². The Labute approximate surface area is 126 Å². The van der Waals surface area contributed by atoms with Gasteiger partial charge in [-0.2, -0.15) is 0 Å². The number of para-hydroxylation sites is 2. The second-order valence-electron chi connectivity index (χ2n) is 4.99. The summed E-state index contributed by atoms with van der Waals surface area (Å²) in [5.41, 5.74) is 0.724. The molecule has 0 aliphatic carbocycles. The van der Waals surface area contributed by atoms with Crippen molar-refractivity contribution in [3.63, 3.8) is 0 Å². The SMILES string of the molecule is O=C(c1cc(O)c(O)c(O)c1)N1CCCOc2ccccc21. The van der Waals surface area contributed by atoms with Crippen LogP contribution in [0.1, 0.15) is 16.8 Å². The monoisotopic (exact) mass is 301 g/mol. The number of rotatable bonds is 1. The van der Waals surface area contributed by atoms with E-state index in [9.17, 15) is 20.1 Å². The maximum absolute atomic E-state index is 12.7. The first kappa shape index (κ1) is 14.1. The van der Waals surface area contributed by atoms with Crippen LogP contribution in [-0.4, -0.2) is 34.4 Å². The summed E-state index contributed by atoms with van der Waals surface area (Å²) >= 11 is 0. The summed E-state index contributed by atoms with van der Waals surface area (Å²) in [7, 11) is 0. The number of hydrogen-bond donors (Lipinski definition) is 3. The molecule has 1 aliphatic rings. The van der Waals surface area contributed by atoms with Gasteiger partial charge in [0.25, 0.3) is 5.91 Å². The molecule has 114 valence electrons. The van der Waals surface area contributed by atoms with Gasteiger partial charge in [0, 0.05) is 12.1 Å². The zero-order valence-corrected chi connectivity index (χ0v) is 11.7. The van der Waals surface area contributed by atoms with Crippen molar-refractivity contribution in [1.29, 1.82) is 0 Å². The molecule has 0 fully saturated rings. The maximum atomic E-state index is 12.7. The number of aromatic hydroxyl groups is 3. The van der Waals surface area contributed by atoms with Gasteiger partial charge in [-0.3, -0.25) is 4.79 Å². The molecule has 1 heterocycles. The van der Waals surface area contributed by atoms with Gasteiger partial charge in [0.05, 0.1) is 12.3 Å². The zero-order valence-electron chi connectivity index (χ0n) is 11.7. The van der Waals surface area contributed by atoms with Crippen molar-refractivity contribution >= 4 is 11.6 Å². The van der Waals surface area contributed by atoms with Crippen LogP contribution in [0.2, 0.25) is 0 Å². The maximum Gasteiger partial charge on any atom is 0.258 e. The Kier molecular flexibility index (Phi) is 3.50. The largest absolute Gasteiger partial charge is 0.504 e. The number of amides is 1. The molecule has 0 spiro atoms. The fourth-order valence-corrected chi connectivity index (χ4v) is 2.42. The fourth-order valence-electron chi connectivity index (χ4n) is 2.42. The molecule has 0 radical (unpaired) electrons. The number of hydrogen-bond acceptors (Lipinski definition) is 5. The molecule has 1 amide bonds. The molecule has 0 aromatic heterocycles. The number of nitrogens with zero attached hydrogens (tertiary/aromatic N) is 1. The topological polar surface area (TPSA) is 90.2 Å². The first-order valence-electron chi connectivity index (χ1n) is 6.86. The van der Waals surface area contributed by atoms with Gasteiger partial charge in [-0.25, -0.2) is 0 Å². The number of benzene rings is 2. The lowest BCUT2D eigenvalue weighted by Crippen LogP contribution is -2.31. The van der Waals surface area contributed by atoms with E-state index < -0.39 is 17.2 Å². The number of phenols is 3. The summed E-state index contributed by atoms with van der Waals surface area (Å²) < 4.78 is 5.60. The van der Waals surface area contributed by atoms with Crippen molar-refractivity contribution in [2.75, 3.05) is 18.1 Å². The van der Waals surface area contributed by atoms with E-state index >= 15 is 0 Å². The molecule has 2 aromatic carbocycles. The molecule has 0 saturated heterocycles. The normalized spacial score (nSPS) is 13.9. The number of anilines is 1. The lowest BCUT2D eigenvalue weighted by molar-refractivity contribution is 0.0986. The van der Waals surface area contributed by atoms with Crippen LogP contribution in [-0.2, 0) is 0 Å². The van der Waals surface area contributed by atoms with E-state index in [1.165, 1.54) is 4.90 Å². The molecule has 3 rings (SSSR count). The van der Waals surface area contributed by atoms with Crippen molar-refractivity contribution in [2.45, 2.75) is 6.42 Å². The molecule has 0 saturated carbocycles. The third-order valence-electron chi connectivity index (χ3n) is 3.50. The van der Waals surface area contributed by atoms with Crippen LogP contribution in [0.15, 0.2) is 36.4 Å². The summed E-state index contributed by atoms with van der Waals surface area (Å²) in [6, 6.07) is 9.45. The van der Waals surface area contributed by atoms with E-state index in [0.717, 1.165) is 12.1 Å². The van der Waals surface area contributed by atoms with Crippen LogP contribution in [0, 0.1) is 0 Å². The van der Waals surface area contributed by atoms with Crippen molar-refractivity contribution in [3.8, 4) is 23.0 Å². The molecule has 1 aliphatic heterocycles. The van der Waals surface area contributed by atoms with Gasteiger partial charge in [0.1, 0.15) is 5.75 Å². The van der Waals surface area contributed by atoms with Gasteiger partial charge in [0.2, 0.25) is 0 Å². The van der Waals surface area contributed by atoms with Crippen molar-refractivity contribution in [3.05, 3.63) is 42.0 Å². The average molecular weight is 301 g/mol. The minimum absolute atomic E-state index is 0.0875. The number of fused-ring (bicyclic) bond motifs is 1. The second-order valence-corrected chi connectivity index (χ2v) is 4.99. The molecular weight excluding hydrogens is 286 g/mol. The molecule has 0 atom stereocenters. The zero-order chi connectivity index (χ0) is 15.7. The highest BCUT2D eigenvalue weighted by Crippen LogP contribution is 2.37. The molecule has 22 heavy (non-hydrogen) atoms. The lowest BCUT2D eigenvalue weighted by Gasteiger charge is -2.22. The highest BCUT2D eigenvalue weighted by Gasteiger charge is 2.24. The number of phenolic OH excluding ortho intramolecular Hbond substituents is 3. The van der Waals surface area contributed by atoms with Crippen LogP contribution in [0.3, 0.4) is 0 Å². The predicted octanol–water partition coefficient (Wildman–Crippen LogP) is 2.23. The highest BCUT2D eigenvalue weighted by molar-refractivity contribution is 6.07. The first-order valence-corrected chi connectivity index (χ1v) is 6.86. The molecular formula is C16H15NO5. The van der Waals surface area contributed by atoms with E-state index in [1.807, 2.05) is 6.07 Å². The van der Waals surface area contributed by atoms with E-state index in [2.05, 4.69) is 0 Å². The summed E-state index contributed by atoms with van der Waals surface area (Å²) in [5, 5.41) is 28.5. The van der Waals surface area contributed by atoms with Crippen LogP contribution in [0.25, 0.3) is 0 Å². The standard InChI is InChI=1S/C16H15NO5/c18-12-8-10(9-13(19)15(12)20)16(21)17-6-3-7-22-14-5-2-1-4-11(14)17/h1-2,4-5,8-9,18-20H,3,6-7H2. The molecule has 6 nitrogen and oxygen atoms in total. The number of carbonyl (C=O) groups excluding carboxylic acids is 1. The minimum Gasteiger partial charge on any atom is -0.504 e. The summed E-state index contributed by atoms with van der Waals surface area (Å²) in [4.78, 5) is 14.2. The smallest absolute Gasteiger partial charge is 0.258 e. The molecule has 0 unspecified atom stereocenters. The molecule has 0 bridgehead atoms. The fraction of sp³-hybridized carbons (Fsp3) is 0.188. The van der Waals surface area contributed by atoms with Crippen molar-refractivity contribution in [2.24, 2.45) is 0 Å². The Bertz CT molecular complexity index is 705. The summed E-state index contributed by atoms with van der Waals surface area (Å²) in [6.07, 6.45) is 0.663. The summed E-state index contributed by atoms with van der Waals surface area (Å²) in [6.45, 7) is 0.963. The molecule has 6 heteroatoms. The third-order valence-corrected chi connectivity index (χ3v) is 3.50. The molecule has 2 aromatic rings. The van der Waals surface area contributed by atoms with Gasteiger partial charge < -0.3 is 25.0 Å². The van der Waals surface area contributed by atoms with Crippen LogP contribution >= 0.6 is 0 Å². The van der Waals surface area contributed by atoms with E-state index in [1.54, 1.807) is 18.2 Å². The van der Waals surface area contributed by atoms with Gasteiger partial charge in [-0.1, -0.05) is 12.1 Å². The Balaban J connectivity index is 2.02. The average Bonchev–Trinajstić information content (AvgIpc) is 2.73. The van der Waals surface area contributed by atoms with Crippen molar-refractivity contribution < 1.29 is 24.9 Å². The number of carbonyl (C=O) groups is 1. The lowest BCUT2D eigenvalue weighted by atomic mass is 10.1. The Morgan fingerprint density at radius 2 is 1.77 bits per heavy atom. The Morgan fingerprint density at radius 1 is 1.09 bits per heavy atom. The van der Waals surface area contributed by atoms with Gasteiger partial charge >= 0.3 is 0 Å². The number of ether oxygens (including phenoxy) is 1. The third kappa shape index (κ3) is 2.39. The Hall–Kier alpha value is -2.89. The summed E-state index contributed by atoms with van der Waals surface area (Å²) in [5.74, 6) is -1.49. The van der Waals surface area contributed by atoms with Gasteiger partial charge in [-0.05, 0) is 30.7 Å². The molecule has 3 N–H and O–H groups in total. The van der Waals surface area contributed by atoms with E-state index in [4.69, 9.17) is 4.74 Å².